The number of benzene rings is 1. The molecule has 0 radical (unpaired) electrons. The Bertz CT molecular complexity index is 857. The van der Waals surface area contributed by atoms with Gasteiger partial charge in [0.15, 0.2) is 5.78 Å². The minimum absolute atomic E-state index is 0.0684. The molecule has 3 rings (SSSR count). The molecular formula is C17H15ClN2OS. The number of fused-ring (bicyclic) bond motifs is 1. The predicted octanol–water partition coefficient (Wildman–Crippen LogP) is 4.58. The van der Waals surface area contributed by atoms with Crippen molar-refractivity contribution in [1.29, 1.82) is 0 Å². The van der Waals surface area contributed by atoms with Crippen molar-refractivity contribution in [3.63, 3.8) is 0 Å². The number of ketones is 1. The highest BCUT2D eigenvalue weighted by molar-refractivity contribution is 8.00. The fraction of sp³-hybridized carbons (Fsp3) is 0.176. The number of Topliss-reactive ketones (excluding diaryl/α,β-unsaturated/α-hetero) is 1. The van der Waals surface area contributed by atoms with E-state index in [0.29, 0.717) is 16.5 Å². The molecule has 2 aromatic heterocycles. The molecule has 5 heteroatoms. The van der Waals surface area contributed by atoms with Gasteiger partial charge in [-0.15, -0.1) is 11.8 Å². The normalized spacial score (nSPS) is 11.0. The molecule has 0 unspecified atom stereocenters. The maximum atomic E-state index is 12.6. The second-order valence-corrected chi connectivity index (χ2v) is 6.63. The minimum atomic E-state index is 0.0684. The second-order valence-electron chi connectivity index (χ2n) is 5.15. The lowest BCUT2D eigenvalue weighted by Gasteiger charge is -2.04. The van der Waals surface area contributed by atoms with E-state index < -0.39 is 0 Å². The molecule has 0 amide bonds. The van der Waals surface area contributed by atoms with Gasteiger partial charge in [-0.3, -0.25) is 9.20 Å². The number of aromatic nitrogens is 2. The number of carbonyl (C=O) groups is 1. The van der Waals surface area contributed by atoms with Crippen molar-refractivity contribution >= 4 is 34.8 Å². The van der Waals surface area contributed by atoms with Crippen LogP contribution in [0.3, 0.4) is 0 Å². The molecule has 0 N–H and O–H groups in total. The molecule has 2 heterocycles. The predicted molar refractivity (Wildman–Crippen MR) is 91.2 cm³/mol. The van der Waals surface area contributed by atoms with Crippen LogP contribution in [0.1, 0.15) is 21.7 Å². The van der Waals surface area contributed by atoms with Crippen molar-refractivity contribution in [2.45, 2.75) is 18.7 Å². The highest BCUT2D eigenvalue weighted by Crippen LogP contribution is 2.23. The lowest BCUT2D eigenvalue weighted by Crippen LogP contribution is -2.08. The van der Waals surface area contributed by atoms with Gasteiger partial charge in [0.05, 0.1) is 11.4 Å². The number of pyridine rings is 1. The first-order valence-corrected chi connectivity index (χ1v) is 8.28. The Labute approximate surface area is 138 Å². The first kappa shape index (κ1) is 15.1. The van der Waals surface area contributed by atoms with E-state index in [0.717, 1.165) is 21.8 Å². The minimum Gasteiger partial charge on any atom is -0.297 e. The summed E-state index contributed by atoms with van der Waals surface area (Å²) < 4.78 is 1.86. The SMILES string of the molecule is Cc1ccn2c(C(=O)CSc3cccc(Cl)c3)c(C)nc2c1. The van der Waals surface area contributed by atoms with Gasteiger partial charge in [-0.1, -0.05) is 17.7 Å². The zero-order chi connectivity index (χ0) is 15.7. The average molecular weight is 331 g/mol. The molecule has 1 aromatic carbocycles. The molecule has 3 nitrogen and oxygen atoms in total. The third-order valence-corrected chi connectivity index (χ3v) is 4.61. The van der Waals surface area contributed by atoms with E-state index in [1.54, 1.807) is 0 Å². The van der Waals surface area contributed by atoms with Gasteiger partial charge in [0.2, 0.25) is 0 Å². The Balaban J connectivity index is 1.85. The first-order chi connectivity index (χ1) is 10.5. The summed E-state index contributed by atoms with van der Waals surface area (Å²) in [5.41, 5.74) is 3.37. The van der Waals surface area contributed by atoms with Gasteiger partial charge in [0, 0.05) is 16.1 Å². The molecule has 0 aliphatic rings. The monoisotopic (exact) mass is 330 g/mol. The van der Waals surface area contributed by atoms with Crippen molar-refractivity contribution in [3.8, 4) is 0 Å². The molecule has 3 aromatic rings. The van der Waals surface area contributed by atoms with Crippen LogP contribution in [0, 0.1) is 13.8 Å². The van der Waals surface area contributed by atoms with Crippen LogP contribution in [0.25, 0.3) is 5.65 Å². The van der Waals surface area contributed by atoms with Gasteiger partial charge < -0.3 is 0 Å². The highest BCUT2D eigenvalue weighted by atomic mass is 35.5. The molecule has 0 spiro atoms. The standard InChI is InChI=1S/C17H15ClN2OS/c1-11-6-7-20-16(8-11)19-12(2)17(20)15(21)10-22-14-5-3-4-13(18)9-14/h3-9H,10H2,1-2H3. The van der Waals surface area contributed by atoms with Crippen LogP contribution < -0.4 is 0 Å². The van der Waals surface area contributed by atoms with Gasteiger partial charge in [-0.2, -0.15) is 0 Å². The molecule has 0 aliphatic carbocycles. The summed E-state index contributed by atoms with van der Waals surface area (Å²) in [5, 5.41) is 0.680. The number of aryl methyl sites for hydroxylation is 2. The van der Waals surface area contributed by atoms with Gasteiger partial charge >= 0.3 is 0 Å². The number of hydrogen-bond donors (Lipinski definition) is 0. The van der Waals surface area contributed by atoms with E-state index in [4.69, 9.17) is 11.6 Å². The molecule has 0 fully saturated rings. The summed E-state index contributed by atoms with van der Waals surface area (Å²) in [5.74, 6) is 0.432. The van der Waals surface area contributed by atoms with Crippen LogP contribution >= 0.6 is 23.4 Å². The molecular weight excluding hydrogens is 316 g/mol. The first-order valence-electron chi connectivity index (χ1n) is 6.91. The van der Waals surface area contributed by atoms with E-state index >= 15 is 0 Å². The Hall–Kier alpha value is -1.78. The fourth-order valence-corrected chi connectivity index (χ4v) is 3.45. The Morgan fingerprint density at radius 3 is 2.86 bits per heavy atom. The van der Waals surface area contributed by atoms with Gasteiger partial charge in [0.1, 0.15) is 11.3 Å². The number of imidazole rings is 1. The maximum Gasteiger partial charge on any atom is 0.191 e. The molecule has 0 aliphatic heterocycles. The average Bonchev–Trinajstić information content (AvgIpc) is 2.80. The largest absolute Gasteiger partial charge is 0.297 e. The van der Waals surface area contributed by atoms with Crippen molar-refractivity contribution in [2.75, 3.05) is 5.75 Å². The van der Waals surface area contributed by atoms with E-state index in [1.165, 1.54) is 11.8 Å². The summed E-state index contributed by atoms with van der Waals surface area (Å²) in [6.07, 6.45) is 1.90. The van der Waals surface area contributed by atoms with Crippen LogP contribution in [0.5, 0.6) is 0 Å². The molecule has 0 bridgehead atoms. The van der Waals surface area contributed by atoms with Gasteiger partial charge in [-0.05, 0) is 49.7 Å². The Morgan fingerprint density at radius 2 is 2.09 bits per heavy atom. The third kappa shape index (κ3) is 3.03. The zero-order valence-corrected chi connectivity index (χ0v) is 13.9. The van der Waals surface area contributed by atoms with E-state index in [1.807, 2.05) is 60.8 Å². The number of nitrogens with zero attached hydrogens (tertiary/aromatic N) is 2. The lowest BCUT2D eigenvalue weighted by atomic mass is 10.2. The zero-order valence-electron chi connectivity index (χ0n) is 12.3. The number of carbonyl (C=O) groups excluding carboxylic acids is 1. The topological polar surface area (TPSA) is 34.4 Å². The van der Waals surface area contributed by atoms with Crippen molar-refractivity contribution < 1.29 is 4.79 Å². The third-order valence-electron chi connectivity index (χ3n) is 3.39. The molecule has 0 saturated heterocycles. The lowest BCUT2D eigenvalue weighted by molar-refractivity contribution is 0.101. The van der Waals surface area contributed by atoms with Crippen molar-refractivity contribution in [1.82, 2.24) is 9.38 Å². The van der Waals surface area contributed by atoms with Crippen molar-refractivity contribution in [3.05, 3.63) is 64.6 Å². The van der Waals surface area contributed by atoms with Crippen LogP contribution in [-0.4, -0.2) is 20.9 Å². The Kier molecular flexibility index (Phi) is 4.23. The summed E-state index contributed by atoms with van der Waals surface area (Å²) in [7, 11) is 0. The van der Waals surface area contributed by atoms with E-state index in [9.17, 15) is 4.79 Å². The van der Waals surface area contributed by atoms with Gasteiger partial charge in [0.25, 0.3) is 0 Å². The summed E-state index contributed by atoms with van der Waals surface area (Å²) >= 11 is 7.45. The van der Waals surface area contributed by atoms with E-state index in [-0.39, 0.29) is 5.78 Å². The summed E-state index contributed by atoms with van der Waals surface area (Å²) in [6.45, 7) is 3.89. The van der Waals surface area contributed by atoms with Crippen LogP contribution in [-0.2, 0) is 0 Å². The maximum absolute atomic E-state index is 12.6. The van der Waals surface area contributed by atoms with Crippen LogP contribution in [0.4, 0.5) is 0 Å². The van der Waals surface area contributed by atoms with E-state index in [2.05, 4.69) is 4.98 Å². The van der Waals surface area contributed by atoms with Crippen LogP contribution in [0.15, 0.2) is 47.5 Å². The molecule has 112 valence electrons. The summed E-state index contributed by atoms with van der Waals surface area (Å²) in [6, 6.07) is 11.5. The quantitative estimate of drug-likeness (QED) is 0.518. The summed E-state index contributed by atoms with van der Waals surface area (Å²) in [4.78, 5) is 18.0. The molecule has 0 atom stereocenters. The number of halogens is 1. The fourth-order valence-electron chi connectivity index (χ4n) is 2.37. The highest BCUT2D eigenvalue weighted by Gasteiger charge is 2.16. The molecule has 22 heavy (non-hydrogen) atoms. The van der Waals surface area contributed by atoms with Crippen LogP contribution in [0.2, 0.25) is 5.02 Å². The van der Waals surface area contributed by atoms with Crippen molar-refractivity contribution in [2.24, 2.45) is 0 Å². The second kappa shape index (κ2) is 6.15. The van der Waals surface area contributed by atoms with Gasteiger partial charge in [-0.25, -0.2) is 4.98 Å². The number of thioether (sulfide) groups is 1. The number of hydrogen-bond acceptors (Lipinski definition) is 3. The number of rotatable bonds is 4. The smallest absolute Gasteiger partial charge is 0.191 e. The Morgan fingerprint density at radius 1 is 1.27 bits per heavy atom. The molecule has 0 saturated carbocycles.